The number of aromatic nitrogens is 1. The molecule has 1 aliphatic rings. The number of carbonyl (C=O) groups is 1. The molecule has 128 valence electrons. The fourth-order valence-electron chi connectivity index (χ4n) is 2.83. The van der Waals surface area contributed by atoms with Gasteiger partial charge in [0.25, 0.3) is 5.56 Å². The van der Waals surface area contributed by atoms with Gasteiger partial charge in [0.15, 0.2) is 0 Å². The molecule has 0 bridgehead atoms. The predicted molar refractivity (Wildman–Crippen MR) is 87.6 cm³/mol. The fourth-order valence-corrected chi connectivity index (χ4v) is 3.67. The Labute approximate surface area is 136 Å². The van der Waals surface area contributed by atoms with E-state index in [9.17, 15) is 18.0 Å². The number of likely N-dealkylation sites (tertiary alicyclic amines) is 1. The van der Waals surface area contributed by atoms with E-state index >= 15 is 0 Å². The summed E-state index contributed by atoms with van der Waals surface area (Å²) in [6, 6.07) is 4.93. The smallest absolute Gasteiger partial charge is 0.250 e. The minimum absolute atomic E-state index is 0.00189. The number of hydrogen-bond donors (Lipinski definition) is 1. The van der Waals surface area contributed by atoms with Crippen LogP contribution < -0.4 is 10.3 Å². The minimum Gasteiger partial charge on any atom is -0.343 e. The van der Waals surface area contributed by atoms with Crippen molar-refractivity contribution in [2.24, 2.45) is 0 Å². The molecule has 0 aromatic carbocycles. The Morgan fingerprint density at radius 2 is 1.96 bits per heavy atom. The number of aryl methyl sites for hydroxylation is 1. The van der Waals surface area contributed by atoms with Crippen molar-refractivity contribution in [2.45, 2.75) is 38.8 Å². The Hall–Kier alpha value is -1.67. The molecule has 0 aliphatic carbocycles. The van der Waals surface area contributed by atoms with Gasteiger partial charge in [-0.15, -0.1) is 0 Å². The van der Waals surface area contributed by atoms with Crippen molar-refractivity contribution in [3.8, 4) is 0 Å². The molecule has 1 saturated heterocycles. The summed E-state index contributed by atoms with van der Waals surface area (Å²) in [5.41, 5.74) is 0.732. The van der Waals surface area contributed by atoms with Gasteiger partial charge in [-0.2, -0.15) is 0 Å². The van der Waals surface area contributed by atoms with E-state index in [2.05, 4.69) is 4.72 Å². The monoisotopic (exact) mass is 341 g/mol. The maximum Gasteiger partial charge on any atom is 0.250 e. The quantitative estimate of drug-likeness (QED) is 0.822. The number of nitrogens with one attached hydrogen (secondary N) is 1. The van der Waals surface area contributed by atoms with Gasteiger partial charge in [0, 0.05) is 43.9 Å². The lowest BCUT2D eigenvalue weighted by atomic mass is 10.1. The van der Waals surface area contributed by atoms with Crippen LogP contribution in [0.1, 0.15) is 25.0 Å². The lowest BCUT2D eigenvalue weighted by Crippen LogP contribution is -2.46. The zero-order chi connectivity index (χ0) is 17.0. The largest absolute Gasteiger partial charge is 0.343 e. The maximum absolute atomic E-state index is 12.3. The first kappa shape index (κ1) is 17.7. The lowest BCUT2D eigenvalue weighted by Gasteiger charge is -2.32. The van der Waals surface area contributed by atoms with Crippen molar-refractivity contribution in [2.75, 3.05) is 19.3 Å². The highest BCUT2D eigenvalue weighted by Gasteiger charge is 2.24. The minimum atomic E-state index is -3.21. The van der Waals surface area contributed by atoms with Crippen LogP contribution in [0.3, 0.4) is 0 Å². The predicted octanol–water partition coefficient (Wildman–Crippen LogP) is 0.0870. The molecule has 1 fully saturated rings. The second-order valence-corrected chi connectivity index (χ2v) is 7.73. The van der Waals surface area contributed by atoms with Crippen LogP contribution in [-0.4, -0.2) is 49.2 Å². The van der Waals surface area contributed by atoms with Crippen LogP contribution in [0.2, 0.25) is 0 Å². The molecular formula is C15H23N3O4S. The van der Waals surface area contributed by atoms with Crippen LogP contribution >= 0.6 is 0 Å². The van der Waals surface area contributed by atoms with Gasteiger partial charge >= 0.3 is 0 Å². The topological polar surface area (TPSA) is 88.5 Å². The van der Waals surface area contributed by atoms with Crippen LogP contribution in [0.15, 0.2) is 23.0 Å². The van der Waals surface area contributed by atoms with Crippen LogP contribution in [0.25, 0.3) is 0 Å². The molecule has 0 unspecified atom stereocenters. The van der Waals surface area contributed by atoms with E-state index < -0.39 is 10.0 Å². The average Bonchev–Trinajstić information content (AvgIpc) is 2.45. The van der Waals surface area contributed by atoms with Crippen LogP contribution in [-0.2, 0) is 21.4 Å². The van der Waals surface area contributed by atoms with Crippen LogP contribution in [0, 0.1) is 6.92 Å². The lowest BCUT2D eigenvalue weighted by molar-refractivity contribution is -0.132. The van der Waals surface area contributed by atoms with E-state index in [0.29, 0.717) is 32.5 Å². The summed E-state index contributed by atoms with van der Waals surface area (Å²) < 4.78 is 26.6. The molecule has 1 aliphatic heterocycles. The molecule has 23 heavy (non-hydrogen) atoms. The first-order chi connectivity index (χ1) is 10.8. The van der Waals surface area contributed by atoms with Crippen LogP contribution in [0.5, 0.6) is 0 Å². The molecule has 0 saturated carbocycles. The molecule has 1 aromatic rings. The zero-order valence-electron chi connectivity index (χ0n) is 13.5. The van der Waals surface area contributed by atoms with Crippen molar-refractivity contribution in [1.82, 2.24) is 14.2 Å². The molecular weight excluding hydrogens is 318 g/mol. The summed E-state index contributed by atoms with van der Waals surface area (Å²) in [4.78, 5) is 25.8. The Balaban J connectivity index is 1.85. The molecule has 0 atom stereocenters. The highest BCUT2D eigenvalue weighted by molar-refractivity contribution is 7.88. The number of pyridine rings is 1. The Kier molecular flexibility index (Phi) is 5.59. The van der Waals surface area contributed by atoms with Gasteiger partial charge in [-0.05, 0) is 25.8 Å². The SMILES string of the molecule is Cc1cccc(=O)n1CCC(=O)N1CCC(NS(C)(=O)=O)CC1. The summed E-state index contributed by atoms with van der Waals surface area (Å²) in [6.45, 7) is 3.28. The molecule has 7 nitrogen and oxygen atoms in total. The maximum atomic E-state index is 12.3. The summed E-state index contributed by atoms with van der Waals surface area (Å²) in [7, 11) is -3.21. The molecule has 8 heteroatoms. The average molecular weight is 341 g/mol. The van der Waals surface area contributed by atoms with Gasteiger partial charge in [0.05, 0.1) is 6.26 Å². The number of carbonyl (C=O) groups excluding carboxylic acids is 1. The molecule has 2 heterocycles. The van der Waals surface area contributed by atoms with Gasteiger partial charge in [0.1, 0.15) is 0 Å². The Bertz CT molecular complexity index is 718. The number of hydrogen-bond acceptors (Lipinski definition) is 4. The van der Waals surface area contributed by atoms with Crippen LogP contribution in [0.4, 0.5) is 0 Å². The number of amides is 1. The van der Waals surface area contributed by atoms with Gasteiger partial charge in [-0.1, -0.05) is 6.07 Å². The van der Waals surface area contributed by atoms with E-state index in [4.69, 9.17) is 0 Å². The van der Waals surface area contributed by atoms with Crippen molar-refractivity contribution < 1.29 is 13.2 Å². The number of piperidine rings is 1. The zero-order valence-corrected chi connectivity index (χ0v) is 14.3. The molecule has 1 amide bonds. The molecule has 1 aromatic heterocycles. The van der Waals surface area contributed by atoms with Gasteiger partial charge < -0.3 is 9.47 Å². The van der Waals surface area contributed by atoms with Gasteiger partial charge in [0.2, 0.25) is 15.9 Å². The van der Waals surface area contributed by atoms with E-state index in [1.54, 1.807) is 15.5 Å². The number of rotatable bonds is 5. The standard InChI is InChI=1S/C15H23N3O4S/c1-12-4-3-5-15(20)18(12)11-8-14(19)17-9-6-13(7-10-17)16-23(2,21)22/h3-5,13,16H,6-11H2,1-2H3. The van der Waals surface area contributed by atoms with E-state index in [0.717, 1.165) is 11.9 Å². The van der Waals surface area contributed by atoms with Crippen molar-refractivity contribution >= 4 is 15.9 Å². The third-order valence-corrected chi connectivity index (χ3v) is 4.81. The molecule has 0 radical (unpaired) electrons. The second-order valence-electron chi connectivity index (χ2n) is 5.95. The van der Waals surface area contributed by atoms with Gasteiger partial charge in [-0.3, -0.25) is 9.59 Å². The number of nitrogens with zero attached hydrogens (tertiary/aromatic N) is 2. The first-order valence-electron chi connectivity index (χ1n) is 7.68. The molecule has 2 rings (SSSR count). The summed E-state index contributed by atoms with van der Waals surface area (Å²) in [6.07, 6.45) is 2.64. The van der Waals surface area contributed by atoms with E-state index in [-0.39, 0.29) is 23.9 Å². The van der Waals surface area contributed by atoms with E-state index in [1.807, 2.05) is 13.0 Å². The molecule has 1 N–H and O–H groups in total. The summed E-state index contributed by atoms with van der Waals surface area (Å²) in [5.74, 6) is -0.00189. The first-order valence-corrected chi connectivity index (χ1v) is 9.57. The fraction of sp³-hybridized carbons (Fsp3) is 0.600. The highest BCUT2D eigenvalue weighted by Crippen LogP contribution is 2.12. The Morgan fingerprint density at radius 3 is 2.52 bits per heavy atom. The second kappa shape index (κ2) is 7.27. The highest BCUT2D eigenvalue weighted by atomic mass is 32.2. The van der Waals surface area contributed by atoms with Crippen molar-refractivity contribution in [3.05, 3.63) is 34.2 Å². The molecule has 0 spiro atoms. The summed E-state index contributed by atoms with van der Waals surface area (Å²) >= 11 is 0. The normalized spacial score (nSPS) is 16.5. The van der Waals surface area contributed by atoms with Crippen molar-refractivity contribution in [3.63, 3.8) is 0 Å². The van der Waals surface area contributed by atoms with Crippen molar-refractivity contribution in [1.29, 1.82) is 0 Å². The third-order valence-electron chi connectivity index (χ3n) is 4.05. The van der Waals surface area contributed by atoms with E-state index in [1.165, 1.54) is 6.07 Å². The Morgan fingerprint density at radius 1 is 1.30 bits per heavy atom. The number of sulfonamides is 1. The summed E-state index contributed by atoms with van der Waals surface area (Å²) in [5, 5.41) is 0. The third kappa shape index (κ3) is 5.18. The van der Waals surface area contributed by atoms with Gasteiger partial charge in [-0.25, -0.2) is 13.1 Å².